The van der Waals surface area contributed by atoms with E-state index in [2.05, 4.69) is 31.4 Å². The zero-order valence-electron chi connectivity index (χ0n) is 14.4. The van der Waals surface area contributed by atoms with Gasteiger partial charge < -0.3 is 14.7 Å². The zero-order valence-corrected chi connectivity index (χ0v) is 14.4. The molecule has 0 saturated heterocycles. The van der Waals surface area contributed by atoms with Crippen molar-refractivity contribution in [2.75, 3.05) is 18.0 Å². The Morgan fingerprint density at radius 2 is 1.88 bits per heavy atom. The minimum Gasteiger partial charge on any atom is -0.507 e. The minimum absolute atomic E-state index is 0.190. The van der Waals surface area contributed by atoms with Crippen molar-refractivity contribution in [2.24, 2.45) is 4.99 Å². The van der Waals surface area contributed by atoms with Gasteiger partial charge in [0.2, 0.25) is 0 Å². The van der Waals surface area contributed by atoms with Crippen LogP contribution in [0, 0.1) is 0 Å². The summed E-state index contributed by atoms with van der Waals surface area (Å²) in [6.45, 7) is 10.2. The number of anilines is 1. The van der Waals surface area contributed by atoms with Gasteiger partial charge in [-0.15, -0.1) is 0 Å². The van der Waals surface area contributed by atoms with Crippen LogP contribution in [0.1, 0.15) is 13.8 Å². The van der Waals surface area contributed by atoms with Crippen molar-refractivity contribution in [2.45, 2.75) is 13.8 Å². The van der Waals surface area contributed by atoms with Crippen molar-refractivity contribution in [1.29, 1.82) is 0 Å². The third-order valence-corrected chi connectivity index (χ3v) is 4.69. The molecule has 4 nitrogen and oxygen atoms in total. The van der Waals surface area contributed by atoms with Gasteiger partial charge in [-0.25, -0.2) is 4.99 Å². The lowest BCUT2D eigenvalue weighted by Crippen LogP contribution is -2.22. The molecule has 126 valence electrons. The third-order valence-electron chi connectivity index (χ3n) is 4.69. The van der Waals surface area contributed by atoms with Gasteiger partial charge in [0.1, 0.15) is 16.8 Å². The molecule has 0 amide bonds. The van der Waals surface area contributed by atoms with Gasteiger partial charge in [-0.2, -0.15) is 0 Å². The molecule has 0 radical (unpaired) electrons. The molecule has 4 rings (SSSR count). The molecule has 3 aromatic rings. The Morgan fingerprint density at radius 1 is 1.08 bits per heavy atom. The van der Waals surface area contributed by atoms with Gasteiger partial charge in [0.05, 0.1) is 5.39 Å². The molecule has 0 unspecified atom stereocenters. The lowest BCUT2D eigenvalue weighted by Gasteiger charge is -2.23. The van der Waals surface area contributed by atoms with Crippen molar-refractivity contribution in [3.63, 3.8) is 0 Å². The van der Waals surface area contributed by atoms with Crippen LogP contribution in [0.15, 0.2) is 47.5 Å². The second-order valence-corrected chi connectivity index (χ2v) is 6.12. The number of phenols is 1. The van der Waals surface area contributed by atoms with Gasteiger partial charge >= 0.3 is 0 Å². The van der Waals surface area contributed by atoms with E-state index in [-0.39, 0.29) is 5.75 Å². The first kappa shape index (κ1) is 15.5. The lowest BCUT2D eigenvalue weighted by molar-refractivity contribution is 0.466. The predicted molar refractivity (Wildman–Crippen MR) is 102 cm³/mol. The van der Waals surface area contributed by atoms with Crippen LogP contribution in [0.3, 0.4) is 0 Å². The number of phenolic OH excluding ortho intramolecular Hbond substituents is 1. The summed E-state index contributed by atoms with van der Waals surface area (Å²) in [4.78, 5) is 7.02. The Kier molecular flexibility index (Phi) is 3.61. The fraction of sp³-hybridized carbons (Fsp3) is 0.190. The second-order valence-electron chi connectivity index (χ2n) is 6.12. The van der Waals surface area contributed by atoms with Crippen LogP contribution in [-0.4, -0.2) is 18.2 Å². The lowest BCUT2D eigenvalue weighted by atomic mass is 10.1. The highest BCUT2D eigenvalue weighted by Gasteiger charge is 2.18. The van der Waals surface area contributed by atoms with Crippen LogP contribution >= 0.6 is 0 Å². The van der Waals surface area contributed by atoms with E-state index < -0.39 is 0 Å². The molecule has 3 aromatic carbocycles. The molecule has 4 heteroatoms. The van der Waals surface area contributed by atoms with Crippen LogP contribution in [-0.2, 0) is 0 Å². The average molecular weight is 332 g/mol. The van der Waals surface area contributed by atoms with Crippen molar-refractivity contribution in [3.8, 4) is 17.2 Å². The van der Waals surface area contributed by atoms with Gasteiger partial charge in [-0.05, 0) is 48.7 Å². The fourth-order valence-electron chi connectivity index (χ4n) is 3.37. The van der Waals surface area contributed by atoms with E-state index in [4.69, 9.17) is 9.73 Å². The van der Waals surface area contributed by atoms with Crippen LogP contribution in [0.25, 0.3) is 17.4 Å². The Morgan fingerprint density at radius 3 is 2.64 bits per heavy atom. The monoisotopic (exact) mass is 332 g/mol. The summed E-state index contributed by atoms with van der Waals surface area (Å²) in [6.07, 6.45) is 0. The molecule has 0 spiro atoms. The van der Waals surface area contributed by atoms with Gasteiger partial charge in [0, 0.05) is 24.8 Å². The second kappa shape index (κ2) is 5.81. The first-order valence-corrected chi connectivity index (χ1v) is 8.51. The van der Waals surface area contributed by atoms with Gasteiger partial charge in [0.15, 0.2) is 11.5 Å². The molecule has 0 saturated carbocycles. The number of nitrogens with zero attached hydrogens (tertiary/aromatic N) is 2. The molecule has 1 N–H and O–H groups in total. The number of rotatable bonds is 3. The van der Waals surface area contributed by atoms with Crippen LogP contribution < -0.4 is 20.2 Å². The number of ether oxygens (including phenoxy) is 1. The van der Waals surface area contributed by atoms with Crippen molar-refractivity contribution < 1.29 is 9.84 Å². The van der Waals surface area contributed by atoms with Gasteiger partial charge in [0.25, 0.3) is 0 Å². The van der Waals surface area contributed by atoms with Gasteiger partial charge in [-0.1, -0.05) is 18.7 Å². The molecule has 0 aromatic heterocycles. The SMILES string of the molecule is C=c1cc2c(c3c(O)cccc13)=Nc1ccc(N(CC)CC)cc1O2. The molecule has 1 aliphatic rings. The highest BCUT2D eigenvalue weighted by Crippen LogP contribution is 2.38. The number of hydrogen-bond acceptors (Lipinski definition) is 4. The number of aromatic hydroxyl groups is 1. The quantitative estimate of drug-likeness (QED) is 0.620. The maximum Gasteiger partial charge on any atom is 0.155 e. The summed E-state index contributed by atoms with van der Waals surface area (Å²) < 4.78 is 6.13. The van der Waals surface area contributed by atoms with Crippen molar-refractivity contribution >= 4 is 28.7 Å². The molecule has 0 atom stereocenters. The summed E-state index contributed by atoms with van der Waals surface area (Å²) in [7, 11) is 0. The van der Waals surface area contributed by atoms with E-state index in [0.717, 1.165) is 40.8 Å². The smallest absolute Gasteiger partial charge is 0.155 e. The Balaban J connectivity index is 1.97. The maximum atomic E-state index is 10.3. The van der Waals surface area contributed by atoms with Crippen LogP contribution in [0.4, 0.5) is 11.4 Å². The molecule has 0 fully saturated rings. The largest absolute Gasteiger partial charge is 0.507 e. The molecule has 1 heterocycles. The normalized spacial score (nSPS) is 12.1. The maximum absolute atomic E-state index is 10.3. The fourth-order valence-corrected chi connectivity index (χ4v) is 3.37. The summed E-state index contributed by atoms with van der Waals surface area (Å²) in [5.41, 5.74) is 1.88. The van der Waals surface area contributed by atoms with E-state index in [0.29, 0.717) is 16.5 Å². The number of benzene rings is 3. The molecule has 1 aliphatic heterocycles. The minimum atomic E-state index is 0.190. The summed E-state index contributed by atoms with van der Waals surface area (Å²) in [5.74, 6) is 1.55. The highest BCUT2D eigenvalue weighted by molar-refractivity contribution is 5.90. The molecule has 25 heavy (non-hydrogen) atoms. The predicted octanol–water partition coefficient (Wildman–Crippen LogP) is 3.86. The standard InChI is InChI=1S/C21H20N2O2/c1-4-23(5-2)14-9-10-16-18(12-14)25-19-11-13(3)15-7-6-8-17(24)20(15)21(19)22-16/h6-12,24H,3-5H2,1-2H3. The van der Waals surface area contributed by atoms with Gasteiger partial charge in [-0.3, -0.25) is 0 Å². The highest BCUT2D eigenvalue weighted by atomic mass is 16.5. The third kappa shape index (κ3) is 2.41. The Hall–Kier alpha value is -3.01. The molecule has 0 aliphatic carbocycles. The van der Waals surface area contributed by atoms with Crippen molar-refractivity contribution in [1.82, 2.24) is 0 Å². The number of hydrogen-bond donors (Lipinski definition) is 1. The summed E-state index contributed by atoms with van der Waals surface area (Å²) in [6, 6.07) is 13.3. The summed E-state index contributed by atoms with van der Waals surface area (Å²) in [5, 5.41) is 13.4. The first-order chi connectivity index (χ1) is 12.1. The Bertz CT molecular complexity index is 1090. The van der Waals surface area contributed by atoms with Crippen molar-refractivity contribution in [3.05, 3.63) is 53.0 Å². The van der Waals surface area contributed by atoms with E-state index in [1.54, 1.807) is 6.07 Å². The van der Waals surface area contributed by atoms with E-state index in [9.17, 15) is 5.11 Å². The Labute approximate surface area is 146 Å². The first-order valence-electron chi connectivity index (χ1n) is 8.51. The van der Waals surface area contributed by atoms with E-state index in [1.165, 1.54) is 0 Å². The van der Waals surface area contributed by atoms with E-state index >= 15 is 0 Å². The number of fused-ring (bicyclic) bond motifs is 4. The molecular weight excluding hydrogens is 312 g/mol. The van der Waals surface area contributed by atoms with Crippen LogP contribution in [0.2, 0.25) is 0 Å². The average Bonchev–Trinajstić information content (AvgIpc) is 2.61. The molecule has 0 bridgehead atoms. The molecular formula is C21H20N2O2. The zero-order chi connectivity index (χ0) is 17.6. The topological polar surface area (TPSA) is 45.1 Å². The van der Waals surface area contributed by atoms with E-state index in [1.807, 2.05) is 30.3 Å². The summed E-state index contributed by atoms with van der Waals surface area (Å²) >= 11 is 0. The van der Waals surface area contributed by atoms with Crippen LogP contribution in [0.5, 0.6) is 17.2 Å².